The topological polar surface area (TPSA) is 88.2 Å². The molecule has 0 aromatic rings. The van der Waals surface area contributed by atoms with Gasteiger partial charge < -0.3 is 14.5 Å². The molecule has 0 aliphatic carbocycles. The number of carbonyl (C=O) groups excluding carboxylic acids is 3. The predicted molar refractivity (Wildman–Crippen MR) is 81.2 cm³/mol. The van der Waals surface area contributed by atoms with Gasteiger partial charge in [0, 0.05) is 13.1 Å². The number of nitrogens with one attached hydrogen (secondary N) is 1. The van der Waals surface area contributed by atoms with Crippen LogP contribution in [0.1, 0.15) is 40.5 Å². The fourth-order valence-corrected chi connectivity index (χ4v) is 3.01. The van der Waals surface area contributed by atoms with Gasteiger partial charge in [-0.2, -0.15) is 0 Å². The Morgan fingerprint density at radius 1 is 1.30 bits per heavy atom. The van der Waals surface area contributed by atoms with Crippen LogP contribution in [0.25, 0.3) is 0 Å². The normalized spacial score (nSPS) is 23.9. The van der Waals surface area contributed by atoms with Gasteiger partial charge in [-0.05, 0) is 40.5 Å². The van der Waals surface area contributed by atoms with Crippen LogP contribution in [0, 0.1) is 0 Å². The average Bonchev–Trinajstić information content (AvgIpc) is 2.68. The summed E-state index contributed by atoms with van der Waals surface area (Å²) in [5.74, 6) is -0.964. The number of amides is 3. The molecular formula is C15H25N3O5. The molecule has 2 rings (SSSR count). The molecule has 2 bridgehead atoms. The summed E-state index contributed by atoms with van der Waals surface area (Å²) in [6.45, 7) is 8.02. The maximum atomic E-state index is 12.2. The molecule has 0 aromatic heterocycles. The van der Waals surface area contributed by atoms with E-state index in [1.54, 1.807) is 30.6 Å². The first kappa shape index (κ1) is 17.5. The van der Waals surface area contributed by atoms with E-state index < -0.39 is 23.5 Å². The Kier molecular flexibility index (Phi) is 5.13. The van der Waals surface area contributed by atoms with E-state index >= 15 is 0 Å². The Hall–Kier alpha value is -1.83. The number of hydrogen-bond acceptors (Lipinski definition) is 5. The second-order valence-electron chi connectivity index (χ2n) is 6.81. The maximum absolute atomic E-state index is 12.2. The average molecular weight is 327 g/mol. The van der Waals surface area contributed by atoms with Gasteiger partial charge in [0.2, 0.25) is 0 Å². The number of piperidine rings is 1. The standard InChI is InChI=1S/C15H25N3O5/c1-5-17-10-6-7-11(18(8-10)14(17)21)13(20)16-22-9-12(19)23-15(2,3)4/h10-11H,5-9H2,1-4H3,(H,16,20)/t10-,11+/m1/s1. The fourth-order valence-electron chi connectivity index (χ4n) is 3.01. The first-order valence-electron chi connectivity index (χ1n) is 7.93. The Balaban J connectivity index is 1.81. The number of urea groups is 1. The van der Waals surface area contributed by atoms with Crippen molar-refractivity contribution in [3.8, 4) is 0 Å². The summed E-state index contributed by atoms with van der Waals surface area (Å²) >= 11 is 0. The van der Waals surface area contributed by atoms with Gasteiger partial charge in [-0.3, -0.25) is 9.63 Å². The third-order valence-electron chi connectivity index (χ3n) is 3.92. The van der Waals surface area contributed by atoms with Crippen molar-refractivity contribution >= 4 is 17.9 Å². The summed E-state index contributed by atoms with van der Waals surface area (Å²) < 4.78 is 5.07. The number of esters is 1. The van der Waals surface area contributed by atoms with Gasteiger partial charge in [-0.1, -0.05) is 0 Å². The summed E-state index contributed by atoms with van der Waals surface area (Å²) in [5.41, 5.74) is 1.65. The molecular weight excluding hydrogens is 302 g/mol. The molecule has 2 aliphatic rings. The molecule has 2 heterocycles. The van der Waals surface area contributed by atoms with Crippen molar-refractivity contribution in [2.75, 3.05) is 19.7 Å². The minimum absolute atomic E-state index is 0.109. The molecule has 8 nitrogen and oxygen atoms in total. The first-order valence-corrected chi connectivity index (χ1v) is 7.93. The van der Waals surface area contributed by atoms with Crippen LogP contribution in [0.4, 0.5) is 4.79 Å². The molecule has 23 heavy (non-hydrogen) atoms. The van der Waals surface area contributed by atoms with Crippen LogP contribution in [-0.4, -0.2) is 65.1 Å². The van der Waals surface area contributed by atoms with E-state index in [0.717, 1.165) is 6.42 Å². The molecule has 0 aromatic carbocycles. The number of fused-ring (bicyclic) bond motifs is 2. The van der Waals surface area contributed by atoms with E-state index in [1.807, 2.05) is 6.92 Å². The monoisotopic (exact) mass is 327 g/mol. The number of hydrogen-bond donors (Lipinski definition) is 1. The molecule has 130 valence electrons. The van der Waals surface area contributed by atoms with Crippen LogP contribution < -0.4 is 5.48 Å². The number of nitrogens with zero attached hydrogens (tertiary/aromatic N) is 2. The highest BCUT2D eigenvalue weighted by Gasteiger charge is 2.46. The maximum Gasteiger partial charge on any atom is 0.335 e. The predicted octanol–water partition coefficient (Wildman–Crippen LogP) is 0.664. The van der Waals surface area contributed by atoms with Crippen LogP contribution >= 0.6 is 0 Å². The lowest BCUT2D eigenvalue weighted by atomic mass is 10.0. The lowest BCUT2D eigenvalue weighted by Crippen LogP contribution is -2.50. The van der Waals surface area contributed by atoms with Crippen LogP contribution in [0.15, 0.2) is 0 Å². The second kappa shape index (κ2) is 6.74. The number of ether oxygens (including phenoxy) is 1. The van der Waals surface area contributed by atoms with Crippen molar-refractivity contribution in [3.05, 3.63) is 0 Å². The van der Waals surface area contributed by atoms with E-state index in [-0.39, 0.29) is 18.7 Å². The minimum atomic E-state index is -0.603. The third-order valence-corrected chi connectivity index (χ3v) is 3.92. The van der Waals surface area contributed by atoms with Crippen molar-refractivity contribution in [1.29, 1.82) is 0 Å². The molecule has 0 radical (unpaired) electrons. The Labute approximate surface area is 136 Å². The second-order valence-corrected chi connectivity index (χ2v) is 6.81. The highest BCUT2D eigenvalue weighted by atomic mass is 16.7. The van der Waals surface area contributed by atoms with Crippen LogP contribution in [0.3, 0.4) is 0 Å². The fraction of sp³-hybridized carbons (Fsp3) is 0.800. The molecule has 3 amide bonds. The number of carbonyl (C=O) groups is 3. The van der Waals surface area contributed by atoms with E-state index in [1.165, 1.54) is 0 Å². The van der Waals surface area contributed by atoms with Gasteiger partial charge >= 0.3 is 12.0 Å². The zero-order valence-corrected chi connectivity index (χ0v) is 14.1. The number of hydroxylamine groups is 1. The van der Waals surface area contributed by atoms with E-state index in [2.05, 4.69) is 5.48 Å². The SMILES string of the molecule is CCN1C(=O)N2C[C@H]1CC[C@H]2C(=O)NOCC(=O)OC(C)(C)C. The van der Waals surface area contributed by atoms with Gasteiger partial charge in [-0.25, -0.2) is 15.1 Å². The highest BCUT2D eigenvalue weighted by Crippen LogP contribution is 2.29. The molecule has 1 N–H and O–H groups in total. The van der Waals surface area contributed by atoms with E-state index in [4.69, 9.17) is 9.57 Å². The molecule has 8 heteroatoms. The number of rotatable bonds is 5. The highest BCUT2D eigenvalue weighted by molar-refractivity contribution is 5.88. The van der Waals surface area contributed by atoms with Gasteiger partial charge in [0.05, 0.1) is 6.04 Å². The van der Waals surface area contributed by atoms with Crippen molar-refractivity contribution in [2.45, 2.75) is 58.2 Å². The molecule has 2 atom stereocenters. The smallest absolute Gasteiger partial charge is 0.335 e. The van der Waals surface area contributed by atoms with Gasteiger partial charge in [0.1, 0.15) is 11.6 Å². The molecule has 0 spiro atoms. The quantitative estimate of drug-likeness (QED) is 0.592. The molecule has 0 unspecified atom stereocenters. The number of likely N-dealkylation sites (N-methyl/N-ethyl adjacent to an activating group) is 1. The summed E-state index contributed by atoms with van der Waals surface area (Å²) in [4.78, 5) is 44.2. The van der Waals surface area contributed by atoms with Crippen molar-refractivity contribution < 1.29 is 24.0 Å². The van der Waals surface area contributed by atoms with Gasteiger partial charge in [-0.15, -0.1) is 0 Å². The third kappa shape index (κ3) is 4.13. The van der Waals surface area contributed by atoms with Crippen LogP contribution in [-0.2, 0) is 19.2 Å². The van der Waals surface area contributed by atoms with Crippen molar-refractivity contribution in [3.63, 3.8) is 0 Å². The van der Waals surface area contributed by atoms with Gasteiger partial charge in [0.25, 0.3) is 5.91 Å². The summed E-state index contributed by atoms with van der Waals surface area (Å²) in [7, 11) is 0. The van der Waals surface area contributed by atoms with E-state index in [9.17, 15) is 14.4 Å². The molecule has 2 fully saturated rings. The lowest BCUT2D eigenvalue weighted by molar-refractivity contribution is -0.165. The summed E-state index contributed by atoms with van der Waals surface area (Å²) in [6, 6.07) is -0.463. The molecule has 0 saturated carbocycles. The van der Waals surface area contributed by atoms with Crippen LogP contribution in [0.2, 0.25) is 0 Å². The van der Waals surface area contributed by atoms with Crippen LogP contribution in [0.5, 0.6) is 0 Å². The summed E-state index contributed by atoms with van der Waals surface area (Å²) in [5, 5.41) is 0. The summed E-state index contributed by atoms with van der Waals surface area (Å²) in [6.07, 6.45) is 1.38. The Morgan fingerprint density at radius 3 is 2.61 bits per heavy atom. The van der Waals surface area contributed by atoms with Crippen molar-refractivity contribution in [1.82, 2.24) is 15.3 Å². The van der Waals surface area contributed by atoms with Gasteiger partial charge in [0.15, 0.2) is 6.61 Å². The largest absolute Gasteiger partial charge is 0.458 e. The molecule has 2 saturated heterocycles. The molecule has 2 aliphatic heterocycles. The zero-order valence-electron chi connectivity index (χ0n) is 14.1. The first-order chi connectivity index (χ1) is 10.7. The Morgan fingerprint density at radius 2 is 2.00 bits per heavy atom. The van der Waals surface area contributed by atoms with Crippen molar-refractivity contribution in [2.24, 2.45) is 0 Å². The van der Waals surface area contributed by atoms with E-state index in [0.29, 0.717) is 19.5 Å². The minimum Gasteiger partial charge on any atom is -0.458 e. The Bertz CT molecular complexity index is 488. The lowest BCUT2D eigenvalue weighted by Gasteiger charge is -2.29. The zero-order chi connectivity index (χ0) is 17.2.